The Kier molecular flexibility index (Phi) is 4.52. The van der Waals surface area contributed by atoms with Crippen molar-refractivity contribution in [1.29, 1.82) is 0 Å². The van der Waals surface area contributed by atoms with Crippen molar-refractivity contribution in [1.82, 2.24) is 16.2 Å². The highest BCUT2D eigenvalue weighted by Gasteiger charge is 2.30. The number of thiocarbonyl (C=S) groups is 1. The molecule has 0 aliphatic heterocycles. The number of hydrazine groups is 1. The van der Waals surface area contributed by atoms with E-state index in [1.54, 1.807) is 24.3 Å². The summed E-state index contributed by atoms with van der Waals surface area (Å²) in [7, 11) is 1.49. The van der Waals surface area contributed by atoms with Gasteiger partial charge >= 0.3 is 0 Å². The van der Waals surface area contributed by atoms with Crippen molar-refractivity contribution >= 4 is 29.1 Å². The molecule has 1 saturated carbocycles. The van der Waals surface area contributed by atoms with Gasteiger partial charge in [0.1, 0.15) is 5.75 Å². The Hall–Kier alpha value is -2.15. The quantitative estimate of drug-likeness (QED) is 0.566. The number of nitrogens with one attached hydrogen (secondary N) is 3. The van der Waals surface area contributed by atoms with Crippen molar-refractivity contribution in [2.75, 3.05) is 7.11 Å². The Balaban J connectivity index is 1.85. The second-order valence-electron chi connectivity index (χ2n) is 4.37. The van der Waals surface area contributed by atoms with Crippen LogP contribution in [0.2, 0.25) is 0 Å². The van der Waals surface area contributed by atoms with Crippen LogP contribution >= 0.6 is 12.2 Å². The Bertz CT molecular complexity index is 543. The Morgan fingerprint density at radius 2 is 1.95 bits per heavy atom. The molecular formula is C13H15N3O3S. The molecule has 20 heavy (non-hydrogen) atoms. The number of amides is 2. The number of methoxy groups -OCH3 is 1. The molecule has 0 radical (unpaired) electrons. The zero-order valence-corrected chi connectivity index (χ0v) is 11.8. The molecule has 2 amide bonds. The number of ether oxygens (including phenoxy) is 1. The van der Waals surface area contributed by atoms with Gasteiger partial charge in [-0.15, -0.1) is 0 Å². The predicted octanol–water partition coefficient (Wildman–Crippen LogP) is 0.741. The maximum absolute atomic E-state index is 11.9. The standard InChI is InChI=1S/C13H15N3O3S/c1-19-10-5-3-2-4-9(10)12(18)15-16-13(20)14-11(17)8-6-7-8/h2-5,8H,6-7H2,1H3,(H,15,18)(H2,14,16,17,20). The van der Waals surface area contributed by atoms with Crippen LogP contribution in [-0.4, -0.2) is 24.0 Å². The molecule has 0 aromatic heterocycles. The first kappa shape index (κ1) is 14.3. The molecule has 1 aromatic carbocycles. The molecule has 7 heteroatoms. The van der Waals surface area contributed by atoms with E-state index < -0.39 is 5.91 Å². The van der Waals surface area contributed by atoms with Crippen LogP contribution < -0.4 is 20.9 Å². The monoisotopic (exact) mass is 293 g/mol. The summed E-state index contributed by atoms with van der Waals surface area (Å²) in [6, 6.07) is 6.80. The maximum Gasteiger partial charge on any atom is 0.273 e. The number of carbonyl (C=O) groups is 2. The third-order valence-electron chi connectivity index (χ3n) is 2.83. The molecule has 0 saturated heterocycles. The normalized spacial score (nSPS) is 13.2. The average Bonchev–Trinajstić information content (AvgIpc) is 3.29. The molecule has 0 atom stereocenters. The van der Waals surface area contributed by atoms with E-state index in [4.69, 9.17) is 17.0 Å². The van der Waals surface area contributed by atoms with Gasteiger partial charge in [0, 0.05) is 5.92 Å². The first-order valence-electron chi connectivity index (χ1n) is 6.16. The Labute approximate surface area is 121 Å². The van der Waals surface area contributed by atoms with Gasteiger partial charge in [-0.25, -0.2) is 0 Å². The maximum atomic E-state index is 11.9. The summed E-state index contributed by atoms with van der Waals surface area (Å²) >= 11 is 4.92. The average molecular weight is 293 g/mol. The summed E-state index contributed by atoms with van der Waals surface area (Å²) in [5.74, 6) is -0.00100. The van der Waals surface area contributed by atoms with Gasteiger partial charge in [0.25, 0.3) is 5.91 Å². The van der Waals surface area contributed by atoms with Crippen LogP contribution in [0.1, 0.15) is 23.2 Å². The molecule has 0 spiro atoms. The van der Waals surface area contributed by atoms with Crippen LogP contribution in [0.15, 0.2) is 24.3 Å². The van der Waals surface area contributed by atoms with Crippen molar-refractivity contribution in [2.24, 2.45) is 5.92 Å². The molecule has 2 rings (SSSR count). The highest BCUT2D eigenvalue weighted by molar-refractivity contribution is 7.80. The van der Waals surface area contributed by atoms with Crippen LogP contribution in [0.5, 0.6) is 5.75 Å². The molecule has 1 aliphatic rings. The number of carbonyl (C=O) groups excluding carboxylic acids is 2. The summed E-state index contributed by atoms with van der Waals surface area (Å²) < 4.78 is 5.09. The van der Waals surface area contributed by atoms with Crippen molar-refractivity contribution in [3.05, 3.63) is 29.8 Å². The van der Waals surface area contributed by atoms with Crippen LogP contribution in [0.3, 0.4) is 0 Å². The van der Waals surface area contributed by atoms with E-state index in [1.807, 2.05) is 0 Å². The van der Waals surface area contributed by atoms with E-state index in [2.05, 4.69) is 16.2 Å². The fraction of sp³-hybridized carbons (Fsp3) is 0.308. The van der Waals surface area contributed by atoms with E-state index in [0.29, 0.717) is 11.3 Å². The highest BCUT2D eigenvalue weighted by Crippen LogP contribution is 2.28. The lowest BCUT2D eigenvalue weighted by atomic mass is 10.2. The first-order valence-corrected chi connectivity index (χ1v) is 6.57. The minimum absolute atomic E-state index is 0.0552. The van der Waals surface area contributed by atoms with Crippen molar-refractivity contribution in [3.8, 4) is 5.75 Å². The van der Waals surface area contributed by atoms with Crippen LogP contribution in [-0.2, 0) is 4.79 Å². The molecule has 1 fully saturated rings. The second kappa shape index (κ2) is 6.33. The highest BCUT2D eigenvalue weighted by atomic mass is 32.1. The van der Waals surface area contributed by atoms with E-state index in [9.17, 15) is 9.59 Å². The predicted molar refractivity (Wildman–Crippen MR) is 77.1 cm³/mol. The number of rotatable bonds is 3. The zero-order chi connectivity index (χ0) is 14.5. The van der Waals surface area contributed by atoms with Gasteiger partial charge in [-0.2, -0.15) is 0 Å². The number of hydrogen-bond donors (Lipinski definition) is 3. The molecule has 106 valence electrons. The molecule has 3 N–H and O–H groups in total. The molecule has 6 nitrogen and oxygen atoms in total. The molecule has 0 unspecified atom stereocenters. The summed E-state index contributed by atoms with van der Waals surface area (Å²) in [6.45, 7) is 0. The molecule has 0 heterocycles. The Morgan fingerprint density at radius 1 is 1.25 bits per heavy atom. The summed E-state index contributed by atoms with van der Waals surface area (Å²) in [6.07, 6.45) is 1.78. The van der Waals surface area contributed by atoms with Gasteiger partial charge in [-0.3, -0.25) is 20.4 Å². The number of para-hydroxylation sites is 1. The molecule has 1 aromatic rings. The van der Waals surface area contributed by atoms with Gasteiger partial charge in [-0.05, 0) is 37.2 Å². The lowest BCUT2D eigenvalue weighted by Crippen LogP contribution is -2.48. The van der Waals surface area contributed by atoms with Crippen molar-refractivity contribution in [3.63, 3.8) is 0 Å². The molecule has 0 bridgehead atoms. The fourth-order valence-electron chi connectivity index (χ4n) is 1.60. The fourth-order valence-corrected chi connectivity index (χ4v) is 1.76. The largest absolute Gasteiger partial charge is 0.496 e. The third-order valence-corrected chi connectivity index (χ3v) is 3.03. The minimum atomic E-state index is -0.398. The summed E-state index contributed by atoms with van der Waals surface area (Å²) in [4.78, 5) is 23.4. The topological polar surface area (TPSA) is 79.5 Å². The van der Waals surface area contributed by atoms with Gasteiger partial charge in [0.15, 0.2) is 5.11 Å². The van der Waals surface area contributed by atoms with E-state index in [-0.39, 0.29) is 16.9 Å². The number of hydrogen-bond acceptors (Lipinski definition) is 4. The summed E-state index contributed by atoms with van der Waals surface area (Å²) in [5.41, 5.74) is 5.28. The van der Waals surface area contributed by atoms with Crippen LogP contribution in [0.4, 0.5) is 0 Å². The SMILES string of the molecule is COc1ccccc1C(=O)NNC(=S)NC(=O)C1CC1. The molecular weight excluding hydrogens is 278 g/mol. The lowest BCUT2D eigenvalue weighted by molar-refractivity contribution is -0.120. The zero-order valence-electron chi connectivity index (χ0n) is 10.9. The van der Waals surface area contributed by atoms with Crippen LogP contribution in [0.25, 0.3) is 0 Å². The van der Waals surface area contributed by atoms with Crippen molar-refractivity contribution in [2.45, 2.75) is 12.8 Å². The molecule has 1 aliphatic carbocycles. The van der Waals surface area contributed by atoms with Crippen LogP contribution in [0, 0.1) is 5.92 Å². The third kappa shape index (κ3) is 3.67. The van der Waals surface area contributed by atoms with Crippen molar-refractivity contribution < 1.29 is 14.3 Å². The minimum Gasteiger partial charge on any atom is -0.496 e. The Morgan fingerprint density at radius 3 is 2.60 bits per heavy atom. The van der Waals surface area contributed by atoms with E-state index in [0.717, 1.165) is 12.8 Å². The van der Waals surface area contributed by atoms with E-state index >= 15 is 0 Å². The van der Waals surface area contributed by atoms with Gasteiger partial charge < -0.3 is 10.1 Å². The summed E-state index contributed by atoms with van der Waals surface area (Å²) in [5, 5.41) is 2.59. The number of benzene rings is 1. The van der Waals surface area contributed by atoms with Gasteiger partial charge in [-0.1, -0.05) is 12.1 Å². The smallest absolute Gasteiger partial charge is 0.273 e. The van der Waals surface area contributed by atoms with Gasteiger partial charge in [0.05, 0.1) is 12.7 Å². The van der Waals surface area contributed by atoms with E-state index in [1.165, 1.54) is 7.11 Å². The second-order valence-corrected chi connectivity index (χ2v) is 4.78. The first-order chi connectivity index (χ1) is 9.61. The van der Waals surface area contributed by atoms with Gasteiger partial charge in [0.2, 0.25) is 5.91 Å². The lowest BCUT2D eigenvalue weighted by Gasteiger charge is -2.12.